The summed E-state index contributed by atoms with van der Waals surface area (Å²) in [5.41, 5.74) is 1.09. The Bertz CT molecular complexity index is 402. The topological polar surface area (TPSA) is 60.4 Å². The molecule has 0 aliphatic heterocycles. The average molecular weight is 242 g/mol. The maximum absolute atomic E-state index is 10.4. The van der Waals surface area contributed by atoms with E-state index in [1.807, 2.05) is 42.3 Å². The molecule has 0 amide bonds. The van der Waals surface area contributed by atoms with Crippen molar-refractivity contribution in [3.63, 3.8) is 0 Å². The van der Waals surface area contributed by atoms with Gasteiger partial charge in [0, 0.05) is 25.0 Å². The molecule has 0 aliphatic carbocycles. The number of hydrogen-bond acceptors (Lipinski definition) is 4. The Kier molecular flexibility index (Phi) is 4.76. The van der Waals surface area contributed by atoms with Crippen molar-refractivity contribution in [1.29, 1.82) is 0 Å². The number of benzene rings is 1. The average Bonchev–Trinajstić information content (AvgIpc) is 2.24. The van der Waals surface area contributed by atoms with Gasteiger partial charge in [0.15, 0.2) is 0 Å². The molecule has 0 radical (unpaired) electrons. The van der Waals surface area contributed by atoms with Gasteiger partial charge in [-0.1, -0.05) is 18.2 Å². The molecule has 90 valence electrons. The van der Waals surface area contributed by atoms with Crippen molar-refractivity contribution in [3.8, 4) is 0 Å². The Balaban J connectivity index is 2.29. The van der Waals surface area contributed by atoms with E-state index in [9.17, 15) is 13.0 Å². The van der Waals surface area contributed by atoms with Gasteiger partial charge in [0.2, 0.25) is 0 Å². The van der Waals surface area contributed by atoms with E-state index in [0.717, 1.165) is 12.2 Å². The van der Waals surface area contributed by atoms with Crippen LogP contribution in [0.1, 0.15) is 12.8 Å². The van der Waals surface area contributed by atoms with Crippen molar-refractivity contribution in [2.45, 2.75) is 12.8 Å². The van der Waals surface area contributed by atoms with Gasteiger partial charge in [-0.15, -0.1) is 0 Å². The van der Waals surface area contributed by atoms with Gasteiger partial charge in [0.05, 0.1) is 10.1 Å². The molecule has 0 saturated carbocycles. The molecule has 5 heteroatoms. The van der Waals surface area contributed by atoms with Crippen LogP contribution in [0.5, 0.6) is 0 Å². The van der Waals surface area contributed by atoms with Crippen molar-refractivity contribution in [1.82, 2.24) is 0 Å². The molecule has 0 unspecified atom stereocenters. The summed E-state index contributed by atoms with van der Waals surface area (Å²) in [5, 5.41) is 0. The standard InChI is InChI=1S/C11H17NO3S/c1-12(11-7-3-2-4-8-11)9-5-6-10-16(13,14)15/h2-4,7-8H,5-6,9-10H2,1H3,(H,13,14,15)/p-1. The molecule has 0 fully saturated rings. The first kappa shape index (κ1) is 13.0. The van der Waals surface area contributed by atoms with Crippen LogP contribution in [0, 0.1) is 0 Å². The van der Waals surface area contributed by atoms with Crippen LogP contribution in [0.2, 0.25) is 0 Å². The van der Waals surface area contributed by atoms with E-state index < -0.39 is 10.1 Å². The summed E-state index contributed by atoms with van der Waals surface area (Å²) in [5.74, 6) is -0.268. The number of unbranched alkanes of at least 4 members (excludes halogenated alkanes) is 1. The van der Waals surface area contributed by atoms with Gasteiger partial charge in [0.1, 0.15) is 0 Å². The predicted octanol–water partition coefficient (Wildman–Crippen LogP) is 1.45. The van der Waals surface area contributed by atoms with Crippen molar-refractivity contribution in [2.24, 2.45) is 0 Å². The lowest BCUT2D eigenvalue weighted by atomic mass is 10.2. The highest BCUT2D eigenvalue weighted by Gasteiger charge is 2.00. The van der Waals surface area contributed by atoms with Gasteiger partial charge < -0.3 is 9.45 Å². The van der Waals surface area contributed by atoms with E-state index in [-0.39, 0.29) is 5.75 Å². The molecule has 0 bridgehead atoms. The maximum atomic E-state index is 10.4. The Hall–Kier alpha value is -1.07. The molecule has 0 N–H and O–H groups in total. The Morgan fingerprint density at radius 2 is 1.81 bits per heavy atom. The van der Waals surface area contributed by atoms with Gasteiger partial charge in [0.25, 0.3) is 0 Å². The maximum Gasteiger partial charge on any atom is 0.0945 e. The third-order valence-electron chi connectivity index (χ3n) is 2.33. The van der Waals surface area contributed by atoms with Crippen LogP contribution < -0.4 is 4.90 Å². The fraction of sp³-hybridized carbons (Fsp3) is 0.455. The molecule has 1 rings (SSSR count). The normalized spacial score (nSPS) is 11.4. The number of hydrogen-bond donors (Lipinski definition) is 0. The van der Waals surface area contributed by atoms with Crippen LogP contribution in [-0.4, -0.2) is 32.3 Å². The minimum Gasteiger partial charge on any atom is -0.748 e. The lowest BCUT2D eigenvalue weighted by Gasteiger charge is -2.19. The fourth-order valence-corrected chi connectivity index (χ4v) is 2.00. The summed E-state index contributed by atoms with van der Waals surface area (Å²) in [6.07, 6.45) is 1.12. The Morgan fingerprint density at radius 3 is 2.38 bits per heavy atom. The number of para-hydroxylation sites is 1. The van der Waals surface area contributed by atoms with E-state index in [4.69, 9.17) is 0 Å². The molecular weight excluding hydrogens is 226 g/mol. The first-order chi connectivity index (χ1) is 7.49. The number of rotatable bonds is 6. The Labute approximate surface area is 96.6 Å². The minimum atomic E-state index is -4.06. The highest BCUT2D eigenvalue weighted by molar-refractivity contribution is 7.85. The van der Waals surface area contributed by atoms with Crippen LogP contribution >= 0.6 is 0 Å². The lowest BCUT2D eigenvalue weighted by Crippen LogP contribution is -2.19. The van der Waals surface area contributed by atoms with Crippen LogP contribution in [0.4, 0.5) is 5.69 Å². The van der Waals surface area contributed by atoms with Crippen LogP contribution in [0.15, 0.2) is 30.3 Å². The van der Waals surface area contributed by atoms with E-state index >= 15 is 0 Å². The molecule has 4 nitrogen and oxygen atoms in total. The molecule has 0 saturated heterocycles. The van der Waals surface area contributed by atoms with E-state index in [1.165, 1.54) is 0 Å². The third kappa shape index (κ3) is 5.14. The lowest BCUT2D eigenvalue weighted by molar-refractivity contribution is 0.460. The summed E-state index contributed by atoms with van der Waals surface area (Å²) >= 11 is 0. The second-order valence-corrected chi connectivity index (χ2v) is 5.25. The zero-order valence-corrected chi connectivity index (χ0v) is 10.1. The molecule has 16 heavy (non-hydrogen) atoms. The van der Waals surface area contributed by atoms with E-state index in [2.05, 4.69) is 0 Å². The second-order valence-electron chi connectivity index (χ2n) is 3.73. The molecule has 0 heterocycles. The summed E-state index contributed by atoms with van der Waals surface area (Å²) in [4.78, 5) is 2.04. The fourth-order valence-electron chi connectivity index (χ4n) is 1.44. The second kappa shape index (κ2) is 5.86. The first-order valence-corrected chi connectivity index (χ1v) is 6.76. The van der Waals surface area contributed by atoms with Crippen molar-refractivity contribution in [3.05, 3.63) is 30.3 Å². The third-order valence-corrected chi connectivity index (χ3v) is 3.12. The smallest absolute Gasteiger partial charge is 0.0945 e. The van der Waals surface area contributed by atoms with Crippen LogP contribution in [0.3, 0.4) is 0 Å². The quantitative estimate of drug-likeness (QED) is 0.559. The van der Waals surface area contributed by atoms with E-state index in [1.54, 1.807) is 0 Å². The zero-order chi connectivity index (χ0) is 12.0. The highest BCUT2D eigenvalue weighted by Crippen LogP contribution is 2.11. The molecule has 0 atom stereocenters. The molecule has 1 aromatic rings. The largest absolute Gasteiger partial charge is 0.748 e. The summed E-state index contributed by atoms with van der Waals surface area (Å²) in [6.45, 7) is 0.750. The number of anilines is 1. The van der Waals surface area contributed by atoms with Crippen LogP contribution in [0.25, 0.3) is 0 Å². The molecular formula is C11H16NO3S-. The van der Waals surface area contributed by atoms with Gasteiger partial charge >= 0.3 is 0 Å². The molecule has 0 spiro atoms. The molecule has 0 aromatic heterocycles. The molecule has 1 aromatic carbocycles. The SMILES string of the molecule is CN(CCCCS(=O)(=O)[O-])c1ccccc1. The summed E-state index contributed by atoms with van der Waals surface area (Å²) < 4.78 is 31.1. The van der Waals surface area contributed by atoms with Crippen molar-refractivity contribution < 1.29 is 13.0 Å². The van der Waals surface area contributed by atoms with Crippen LogP contribution in [-0.2, 0) is 10.1 Å². The highest BCUT2D eigenvalue weighted by atomic mass is 32.2. The van der Waals surface area contributed by atoms with Gasteiger partial charge in [-0.25, -0.2) is 8.42 Å². The monoisotopic (exact) mass is 242 g/mol. The van der Waals surface area contributed by atoms with Gasteiger partial charge in [-0.2, -0.15) is 0 Å². The van der Waals surface area contributed by atoms with Crippen molar-refractivity contribution in [2.75, 3.05) is 24.2 Å². The summed E-state index contributed by atoms with van der Waals surface area (Å²) in [7, 11) is -2.11. The minimum absolute atomic E-state index is 0.268. The van der Waals surface area contributed by atoms with Gasteiger partial charge in [-0.3, -0.25) is 0 Å². The Morgan fingerprint density at radius 1 is 1.19 bits per heavy atom. The zero-order valence-electron chi connectivity index (χ0n) is 9.30. The summed E-state index contributed by atoms with van der Waals surface area (Å²) in [6, 6.07) is 9.83. The van der Waals surface area contributed by atoms with Crippen molar-refractivity contribution >= 4 is 15.8 Å². The first-order valence-electron chi connectivity index (χ1n) is 5.19. The van der Waals surface area contributed by atoms with Gasteiger partial charge in [-0.05, 0) is 25.0 Å². The number of nitrogens with zero attached hydrogens (tertiary/aromatic N) is 1. The predicted molar refractivity (Wildman–Crippen MR) is 63.5 cm³/mol. The van der Waals surface area contributed by atoms with E-state index in [0.29, 0.717) is 12.8 Å². The molecule has 0 aliphatic rings.